The maximum absolute atomic E-state index is 12.1. The molecule has 1 atom stereocenters. The lowest BCUT2D eigenvalue weighted by Gasteiger charge is -2.28. The summed E-state index contributed by atoms with van der Waals surface area (Å²) in [6.07, 6.45) is 2.69. The first-order valence-electron chi connectivity index (χ1n) is 6.81. The molecular weight excluding hydrogens is 228 g/mol. The Hall–Kier alpha value is -0.900. The van der Waals surface area contributed by atoms with Gasteiger partial charge in [-0.15, -0.1) is 0 Å². The summed E-state index contributed by atoms with van der Waals surface area (Å²) >= 11 is 0. The number of carbonyl (C=O) groups excluding carboxylic acids is 2. The van der Waals surface area contributed by atoms with Gasteiger partial charge in [-0.05, 0) is 46.0 Å². The van der Waals surface area contributed by atoms with Crippen LogP contribution in [0.2, 0.25) is 0 Å². The summed E-state index contributed by atoms with van der Waals surface area (Å²) in [5.74, 6) is -0.382. The molecule has 1 unspecified atom stereocenters. The number of rotatable bonds is 6. The molecule has 1 fully saturated rings. The van der Waals surface area contributed by atoms with Crippen molar-refractivity contribution < 1.29 is 9.59 Å². The third-order valence-corrected chi connectivity index (χ3v) is 2.77. The Bertz CT molecular complexity index is 314. The highest BCUT2D eigenvalue weighted by molar-refractivity contribution is 6.38. The first-order valence-corrected chi connectivity index (χ1v) is 6.81. The van der Waals surface area contributed by atoms with E-state index in [1.807, 2.05) is 20.8 Å². The number of amides is 1. The number of carbonyl (C=O) groups is 2. The van der Waals surface area contributed by atoms with Gasteiger partial charge in [-0.25, -0.2) is 0 Å². The largest absolute Gasteiger partial charge is 0.347 e. The van der Waals surface area contributed by atoms with E-state index in [0.717, 1.165) is 12.8 Å². The van der Waals surface area contributed by atoms with Gasteiger partial charge in [-0.1, -0.05) is 13.8 Å². The van der Waals surface area contributed by atoms with Crippen molar-refractivity contribution >= 4 is 11.7 Å². The summed E-state index contributed by atoms with van der Waals surface area (Å²) in [7, 11) is 0. The van der Waals surface area contributed by atoms with Crippen molar-refractivity contribution in [3.63, 3.8) is 0 Å². The number of Topliss-reactive ketones (excluding diaryl/α,β-unsaturated/α-hetero) is 1. The van der Waals surface area contributed by atoms with Crippen LogP contribution in [0.25, 0.3) is 0 Å². The first-order chi connectivity index (χ1) is 8.19. The molecule has 2 N–H and O–H groups in total. The minimum absolute atomic E-state index is 0.172. The molecule has 0 aromatic carbocycles. The van der Waals surface area contributed by atoms with Gasteiger partial charge in [0.1, 0.15) is 0 Å². The van der Waals surface area contributed by atoms with Gasteiger partial charge in [0, 0.05) is 11.6 Å². The molecule has 1 aliphatic carbocycles. The molecule has 0 aromatic heterocycles. The third kappa shape index (κ3) is 5.63. The molecule has 0 bridgehead atoms. The van der Waals surface area contributed by atoms with Gasteiger partial charge < -0.3 is 10.6 Å². The van der Waals surface area contributed by atoms with E-state index in [1.54, 1.807) is 0 Å². The van der Waals surface area contributed by atoms with Crippen molar-refractivity contribution in [3.05, 3.63) is 0 Å². The van der Waals surface area contributed by atoms with Crippen LogP contribution < -0.4 is 10.6 Å². The van der Waals surface area contributed by atoms with Crippen LogP contribution in [-0.4, -0.2) is 29.3 Å². The van der Waals surface area contributed by atoms with Gasteiger partial charge >= 0.3 is 0 Å². The zero-order valence-electron chi connectivity index (χ0n) is 12.2. The Morgan fingerprint density at radius 3 is 2.17 bits per heavy atom. The van der Waals surface area contributed by atoms with Crippen molar-refractivity contribution in [3.8, 4) is 0 Å². The molecule has 0 aliphatic heterocycles. The van der Waals surface area contributed by atoms with Crippen molar-refractivity contribution in [2.75, 3.05) is 0 Å². The van der Waals surface area contributed by atoms with Crippen molar-refractivity contribution in [2.24, 2.45) is 5.92 Å². The lowest BCUT2D eigenvalue weighted by molar-refractivity contribution is -0.139. The molecule has 4 heteroatoms. The minimum Gasteiger partial charge on any atom is -0.347 e. The van der Waals surface area contributed by atoms with E-state index in [2.05, 4.69) is 24.5 Å². The number of hydrogen-bond donors (Lipinski definition) is 2. The third-order valence-electron chi connectivity index (χ3n) is 2.77. The fourth-order valence-electron chi connectivity index (χ4n) is 1.87. The number of nitrogens with one attached hydrogen (secondary N) is 2. The van der Waals surface area contributed by atoms with Crippen molar-refractivity contribution in [2.45, 2.75) is 71.5 Å². The van der Waals surface area contributed by atoms with Gasteiger partial charge in [-0.3, -0.25) is 9.59 Å². The molecule has 0 heterocycles. The van der Waals surface area contributed by atoms with Gasteiger partial charge in [0.05, 0.1) is 6.04 Å². The maximum atomic E-state index is 12.1. The normalized spacial score (nSPS) is 17.7. The molecular formula is C14H26N2O2. The van der Waals surface area contributed by atoms with Crippen LogP contribution in [0, 0.1) is 5.92 Å². The molecule has 4 nitrogen and oxygen atoms in total. The van der Waals surface area contributed by atoms with E-state index in [4.69, 9.17) is 0 Å². The monoisotopic (exact) mass is 254 g/mol. The predicted molar refractivity (Wildman–Crippen MR) is 72.3 cm³/mol. The fraction of sp³-hybridized carbons (Fsp3) is 0.857. The Morgan fingerprint density at radius 2 is 1.78 bits per heavy atom. The molecule has 18 heavy (non-hydrogen) atoms. The second-order valence-corrected chi connectivity index (χ2v) is 6.69. The first kappa shape index (κ1) is 15.2. The van der Waals surface area contributed by atoms with Crippen molar-refractivity contribution in [1.29, 1.82) is 0 Å². The molecule has 1 aliphatic rings. The van der Waals surface area contributed by atoms with Crippen LogP contribution in [0.4, 0.5) is 0 Å². The van der Waals surface area contributed by atoms with Crippen LogP contribution in [0.3, 0.4) is 0 Å². The van der Waals surface area contributed by atoms with Crippen LogP contribution in [0.5, 0.6) is 0 Å². The van der Waals surface area contributed by atoms with E-state index in [1.165, 1.54) is 0 Å². The topological polar surface area (TPSA) is 58.2 Å². The highest BCUT2D eigenvalue weighted by atomic mass is 16.2. The fourth-order valence-corrected chi connectivity index (χ4v) is 1.87. The summed E-state index contributed by atoms with van der Waals surface area (Å²) in [5.41, 5.74) is -0.172. The quantitative estimate of drug-likeness (QED) is 0.708. The summed E-state index contributed by atoms with van der Waals surface area (Å²) in [5, 5.41) is 6.02. The second-order valence-electron chi connectivity index (χ2n) is 6.69. The molecule has 104 valence electrons. The van der Waals surface area contributed by atoms with Gasteiger partial charge in [0.2, 0.25) is 5.78 Å². The maximum Gasteiger partial charge on any atom is 0.289 e. The standard InChI is InChI=1S/C14H26N2O2/c1-9(2)8-11(16-14(3,4)5)12(17)13(18)15-10-6-7-10/h9-11,16H,6-8H2,1-5H3,(H,15,18). The minimum atomic E-state index is -0.431. The highest BCUT2D eigenvalue weighted by Gasteiger charge is 2.32. The molecule has 0 aromatic rings. The summed E-state index contributed by atoms with van der Waals surface area (Å²) < 4.78 is 0. The SMILES string of the molecule is CC(C)CC(NC(C)(C)C)C(=O)C(=O)NC1CC1. The Kier molecular flexibility index (Phi) is 4.91. The summed E-state index contributed by atoms with van der Waals surface area (Å²) in [4.78, 5) is 23.9. The molecule has 0 radical (unpaired) electrons. The number of hydrogen-bond acceptors (Lipinski definition) is 3. The van der Waals surface area contributed by atoms with Gasteiger partial charge in [0.15, 0.2) is 0 Å². The Balaban J connectivity index is 2.61. The van der Waals surface area contributed by atoms with E-state index >= 15 is 0 Å². The van der Waals surface area contributed by atoms with Crippen LogP contribution >= 0.6 is 0 Å². The van der Waals surface area contributed by atoms with Crippen LogP contribution in [0.15, 0.2) is 0 Å². The van der Waals surface area contributed by atoms with E-state index in [9.17, 15) is 9.59 Å². The molecule has 1 saturated carbocycles. The Morgan fingerprint density at radius 1 is 1.22 bits per heavy atom. The molecule has 1 amide bonds. The Labute approximate surface area is 110 Å². The zero-order chi connectivity index (χ0) is 13.9. The van der Waals surface area contributed by atoms with Gasteiger partial charge in [0.25, 0.3) is 5.91 Å². The predicted octanol–water partition coefficient (Wildman–Crippen LogP) is 1.64. The summed E-state index contributed by atoms with van der Waals surface area (Å²) in [6.45, 7) is 10.1. The second kappa shape index (κ2) is 5.83. The van der Waals surface area contributed by atoms with E-state index in [0.29, 0.717) is 12.3 Å². The van der Waals surface area contributed by atoms with Gasteiger partial charge in [-0.2, -0.15) is 0 Å². The molecule has 0 spiro atoms. The number of ketones is 1. The van der Waals surface area contributed by atoms with E-state index in [-0.39, 0.29) is 23.4 Å². The molecule has 0 saturated heterocycles. The summed E-state index contributed by atoms with van der Waals surface area (Å²) in [6, 6.07) is -0.153. The average molecular weight is 254 g/mol. The van der Waals surface area contributed by atoms with Crippen LogP contribution in [-0.2, 0) is 9.59 Å². The van der Waals surface area contributed by atoms with Crippen molar-refractivity contribution in [1.82, 2.24) is 10.6 Å². The lowest BCUT2D eigenvalue weighted by Crippen LogP contribution is -2.52. The smallest absolute Gasteiger partial charge is 0.289 e. The highest BCUT2D eigenvalue weighted by Crippen LogP contribution is 2.19. The van der Waals surface area contributed by atoms with Crippen LogP contribution in [0.1, 0.15) is 53.9 Å². The molecule has 1 rings (SSSR count). The average Bonchev–Trinajstić information content (AvgIpc) is 2.96. The zero-order valence-corrected chi connectivity index (χ0v) is 12.2. The lowest BCUT2D eigenvalue weighted by atomic mass is 9.96. The van der Waals surface area contributed by atoms with E-state index < -0.39 is 5.91 Å².